The van der Waals surface area contributed by atoms with Gasteiger partial charge in [-0.3, -0.25) is 0 Å². The first-order valence-electron chi connectivity index (χ1n) is 16.1. The molecule has 3 heterocycles. The lowest BCUT2D eigenvalue weighted by atomic mass is 9.67. The molecule has 2 nitrogen and oxygen atoms in total. The van der Waals surface area contributed by atoms with E-state index in [1.165, 1.54) is 65.0 Å². The molecule has 6 aromatic carbocycles. The highest BCUT2D eigenvalue weighted by molar-refractivity contribution is 7.99. The van der Waals surface area contributed by atoms with E-state index in [-0.39, 0.29) is 0 Å². The third-order valence-corrected chi connectivity index (χ3v) is 11.3. The number of nitrogens with zero attached hydrogens (tertiary/aromatic N) is 1. The van der Waals surface area contributed by atoms with Crippen LogP contribution in [-0.2, 0) is 5.41 Å². The highest BCUT2D eigenvalue weighted by Crippen LogP contribution is 2.62. The molecule has 1 aliphatic carbocycles. The van der Waals surface area contributed by atoms with Crippen molar-refractivity contribution in [1.29, 1.82) is 0 Å². The summed E-state index contributed by atoms with van der Waals surface area (Å²) in [6, 6.07) is 47.3. The van der Waals surface area contributed by atoms with Gasteiger partial charge in [-0.05, 0) is 82.8 Å². The van der Waals surface area contributed by atoms with Crippen LogP contribution in [0, 0.1) is 0 Å². The molecule has 0 radical (unpaired) electrons. The normalized spacial score (nSPS) is 14.1. The van der Waals surface area contributed by atoms with E-state index < -0.39 is 5.41 Å². The molecule has 0 saturated carbocycles. The van der Waals surface area contributed by atoms with Crippen molar-refractivity contribution in [1.82, 2.24) is 4.57 Å². The number of fused-ring (bicyclic) bond motifs is 13. The number of furan rings is 1. The predicted octanol–water partition coefficient (Wildman–Crippen LogP) is 12.0. The van der Waals surface area contributed by atoms with Gasteiger partial charge in [0.15, 0.2) is 0 Å². The van der Waals surface area contributed by atoms with Crippen LogP contribution in [0.4, 0.5) is 0 Å². The van der Waals surface area contributed by atoms with Gasteiger partial charge in [-0.1, -0.05) is 115 Å². The molecular formula is C44H29NOS. The van der Waals surface area contributed by atoms with Gasteiger partial charge in [0.25, 0.3) is 0 Å². The number of para-hydroxylation sites is 1. The molecule has 0 atom stereocenters. The molecule has 10 rings (SSSR count). The maximum atomic E-state index is 6.34. The highest BCUT2D eigenvalue weighted by atomic mass is 32.2. The third-order valence-electron chi connectivity index (χ3n) is 10.2. The Balaban J connectivity index is 1.31. The summed E-state index contributed by atoms with van der Waals surface area (Å²) in [7, 11) is 0. The van der Waals surface area contributed by atoms with Crippen LogP contribution in [0.3, 0.4) is 0 Å². The first kappa shape index (κ1) is 26.7. The highest BCUT2D eigenvalue weighted by Gasteiger charge is 2.50. The summed E-state index contributed by atoms with van der Waals surface area (Å²) >= 11 is 1.89. The van der Waals surface area contributed by atoms with E-state index in [0.29, 0.717) is 0 Å². The van der Waals surface area contributed by atoms with Crippen LogP contribution < -0.4 is 0 Å². The van der Waals surface area contributed by atoms with Crippen molar-refractivity contribution < 1.29 is 4.42 Å². The summed E-state index contributed by atoms with van der Waals surface area (Å²) < 4.78 is 8.74. The van der Waals surface area contributed by atoms with E-state index >= 15 is 0 Å². The first-order valence-corrected chi connectivity index (χ1v) is 16.9. The molecule has 0 fully saturated rings. The third kappa shape index (κ3) is 3.42. The molecule has 222 valence electrons. The summed E-state index contributed by atoms with van der Waals surface area (Å²) in [5.74, 6) is 0.795. The van der Waals surface area contributed by atoms with Gasteiger partial charge in [0, 0.05) is 43.3 Å². The minimum Gasteiger partial charge on any atom is -0.456 e. The van der Waals surface area contributed by atoms with Crippen LogP contribution in [0.1, 0.15) is 40.5 Å². The van der Waals surface area contributed by atoms with Crippen LogP contribution in [0.2, 0.25) is 0 Å². The molecule has 0 unspecified atom stereocenters. The Morgan fingerprint density at radius 2 is 1.34 bits per heavy atom. The van der Waals surface area contributed by atoms with Gasteiger partial charge in [0.1, 0.15) is 11.3 Å². The van der Waals surface area contributed by atoms with Gasteiger partial charge >= 0.3 is 0 Å². The second kappa shape index (κ2) is 9.75. The number of hydrogen-bond acceptors (Lipinski definition) is 2. The van der Waals surface area contributed by atoms with Crippen molar-refractivity contribution in [2.75, 3.05) is 0 Å². The van der Waals surface area contributed by atoms with Crippen LogP contribution in [0.5, 0.6) is 0 Å². The summed E-state index contributed by atoms with van der Waals surface area (Å²) in [4.78, 5) is 2.59. The lowest BCUT2D eigenvalue weighted by Crippen LogP contribution is -2.31. The van der Waals surface area contributed by atoms with Gasteiger partial charge in [0.05, 0.1) is 16.4 Å². The summed E-state index contributed by atoms with van der Waals surface area (Å²) in [6.45, 7) is 6.03. The van der Waals surface area contributed by atoms with Crippen molar-refractivity contribution in [3.8, 4) is 16.8 Å². The van der Waals surface area contributed by atoms with Crippen molar-refractivity contribution in [3.05, 3.63) is 174 Å². The van der Waals surface area contributed by atoms with E-state index in [1.807, 2.05) is 24.8 Å². The predicted molar refractivity (Wildman–Crippen MR) is 197 cm³/mol. The monoisotopic (exact) mass is 619 g/mol. The van der Waals surface area contributed by atoms with E-state index in [2.05, 4.69) is 145 Å². The summed E-state index contributed by atoms with van der Waals surface area (Å²) in [5.41, 5.74) is 13.0. The van der Waals surface area contributed by atoms with Crippen molar-refractivity contribution >= 4 is 56.7 Å². The van der Waals surface area contributed by atoms with E-state index in [4.69, 9.17) is 4.42 Å². The number of aromatic nitrogens is 1. The number of allylic oxidation sites excluding steroid dienone is 1. The molecule has 0 N–H and O–H groups in total. The molecule has 3 heteroatoms. The zero-order valence-corrected chi connectivity index (χ0v) is 26.6. The van der Waals surface area contributed by atoms with Crippen molar-refractivity contribution in [2.45, 2.75) is 22.1 Å². The Morgan fingerprint density at radius 3 is 2.11 bits per heavy atom. The number of rotatable bonds is 3. The number of benzene rings is 6. The van der Waals surface area contributed by atoms with Crippen molar-refractivity contribution in [2.24, 2.45) is 0 Å². The zero-order valence-electron chi connectivity index (χ0n) is 25.8. The minimum absolute atomic E-state index is 0.404. The van der Waals surface area contributed by atoms with Crippen LogP contribution >= 0.6 is 11.8 Å². The van der Waals surface area contributed by atoms with Gasteiger partial charge in [-0.25, -0.2) is 0 Å². The topological polar surface area (TPSA) is 18.1 Å². The first-order chi connectivity index (χ1) is 23.2. The van der Waals surface area contributed by atoms with Gasteiger partial charge in [-0.2, -0.15) is 0 Å². The Kier molecular flexibility index (Phi) is 5.53. The summed E-state index contributed by atoms with van der Waals surface area (Å²) in [5, 5.41) is 3.58. The molecule has 47 heavy (non-hydrogen) atoms. The fourth-order valence-electron chi connectivity index (χ4n) is 8.35. The molecule has 0 amide bonds. The largest absolute Gasteiger partial charge is 0.456 e. The summed E-state index contributed by atoms with van der Waals surface area (Å²) in [6.07, 6.45) is 5.94. The van der Waals surface area contributed by atoms with E-state index in [1.54, 1.807) is 6.08 Å². The van der Waals surface area contributed by atoms with Crippen LogP contribution in [0.25, 0.3) is 61.7 Å². The second-order valence-corrected chi connectivity index (χ2v) is 13.5. The Hall–Kier alpha value is -5.51. The van der Waals surface area contributed by atoms with Crippen LogP contribution in [0.15, 0.2) is 154 Å². The SMILES string of the molecule is C=Cc1oc2cc(-n3c4ccccc4c4cc5c(cc43)Sc3ccccc3C53c4ccccc4-c4ccccc43)ccc2c1/C=C\C. The fourth-order valence-corrected chi connectivity index (χ4v) is 9.56. The van der Waals surface area contributed by atoms with E-state index in [9.17, 15) is 0 Å². The molecule has 1 aliphatic heterocycles. The molecule has 1 spiro atoms. The second-order valence-electron chi connectivity index (χ2n) is 12.4. The Morgan fingerprint density at radius 1 is 0.638 bits per heavy atom. The van der Waals surface area contributed by atoms with E-state index in [0.717, 1.165) is 28.0 Å². The molecule has 0 bridgehead atoms. The quantitative estimate of drug-likeness (QED) is 0.196. The average molecular weight is 620 g/mol. The molecule has 0 saturated heterocycles. The molecular weight excluding hydrogens is 591 g/mol. The Labute approximate surface area is 277 Å². The zero-order chi connectivity index (χ0) is 31.3. The minimum atomic E-state index is -0.404. The van der Waals surface area contributed by atoms with Gasteiger partial charge in [-0.15, -0.1) is 0 Å². The Bertz CT molecular complexity index is 2600. The fraction of sp³-hybridized carbons (Fsp3) is 0.0455. The van der Waals surface area contributed by atoms with Crippen LogP contribution in [-0.4, -0.2) is 4.57 Å². The lowest BCUT2D eigenvalue weighted by molar-refractivity contribution is 0.603. The maximum absolute atomic E-state index is 6.34. The van der Waals surface area contributed by atoms with Gasteiger partial charge in [0.2, 0.25) is 0 Å². The molecule has 2 aliphatic rings. The van der Waals surface area contributed by atoms with Crippen molar-refractivity contribution in [3.63, 3.8) is 0 Å². The lowest BCUT2D eigenvalue weighted by Gasteiger charge is -2.39. The number of hydrogen-bond donors (Lipinski definition) is 0. The smallest absolute Gasteiger partial charge is 0.137 e. The van der Waals surface area contributed by atoms with Gasteiger partial charge < -0.3 is 8.98 Å². The average Bonchev–Trinajstić information content (AvgIpc) is 3.74. The maximum Gasteiger partial charge on any atom is 0.137 e. The molecule has 2 aromatic heterocycles. The standard InChI is InChI=1S/C44H29NOS/c1-3-13-31-32-23-22-27(24-41(32)46-40(31)4-2)45-38-20-11-7-16-30(38)33-25-37-43(26-39(33)45)47-42-21-12-10-19-36(42)44(37)34-17-8-5-14-28(34)29-15-6-9-18-35(29)44/h3-26H,2H2,1H3/b13-3-. The molecule has 8 aromatic rings.